The van der Waals surface area contributed by atoms with Crippen molar-refractivity contribution in [3.05, 3.63) is 48.0 Å². The number of rotatable bonds is 3. The largest absolute Gasteiger partial charge is 0.507 e. The maximum Gasteiger partial charge on any atom is 0.491 e. The van der Waals surface area contributed by atoms with Crippen molar-refractivity contribution >= 4 is 28.3 Å². The van der Waals surface area contributed by atoms with Crippen LogP contribution >= 0.6 is 0 Å². The molecular weight excluding hydrogens is 293 g/mol. The standard InChI is InChI=1S/C13H12BNO5S/c16-12-3-1-2-4-13(12)21(18,19)15-10-6-5-9-8-20-14(17)11(9)7-10/h1-7,15-17H,8H2. The number of fused-ring (bicyclic) bond motifs is 1. The smallest absolute Gasteiger partial charge is 0.491 e. The van der Waals surface area contributed by atoms with E-state index in [0.717, 1.165) is 5.56 Å². The lowest BCUT2D eigenvalue weighted by Gasteiger charge is -2.10. The molecular formula is C13H12BNO5S. The fourth-order valence-corrected chi connectivity index (χ4v) is 3.32. The summed E-state index contributed by atoms with van der Waals surface area (Å²) in [6, 6.07) is 10.5. The number of sulfonamides is 1. The van der Waals surface area contributed by atoms with Gasteiger partial charge < -0.3 is 14.8 Å². The summed E-state index contributed by atoms with van der Waals surface area (Å²) in [5, 5.41) is 19.3. The molecule has 1 heterocycles. The first-order valence-electron chi connectivity index (χ1n) is 6.21. The maximum atomic E-state index is 12.2. The molecule has 0 aromatic heterocycles. The van der Waals surface area contributed by atoms with Crippen LogP contribution in [0.25, 0.3) is 0 Å². The minimum atomic E-state index is -3.90. The van der Waals surface area contributed by atoms with Crippen LogP contribution in [0.3, 0.4) is 0 Å². The van der Waals surface area contributed by atoms with Crippen LogP contribution in [0.2, 0.25) is 0 Å². The molecule has 2 aromatic carbocycles. The second kappa shape index (κ2) is 5.07. The van der Waals surface area contributed by atoms with Crippen molar-refractivity contribution in [2.24, 2.45) is 0 Å². The molecule has 8 heteroatoms. The van der Waals surface area contributed by atoms with E-state index in [-0.39, 0.29) is 10.6 Å². The monoisotopic (exact) mass is 305 g/mol. The quantitative estimate of drug-likeness (QED) is 0.714. The number of aromatic hydroxyl groups is 1. The van der Waals surface area contributed by atoms with Gasteiger partial charge in [-0.25, -0.2) is 8.42 Å². The zero-order valence-electron chi connectivity index (χ0n) is 10.9. The van der Waals surface area contributed by atoms with E-state index in [2.05, 4.69) is 4.72 Å². The molecule has 21 heavy (non-hydrogen) atoms. The number of nitrogens with one attached hydrogen (secondary N) is 1. The Morgan fingerprint density at radius 3 is 2.71 bits per heavy atom. The van der Waals surface area contributed by atoms with Gasteiger partial charge in [-0.05, 0) is 35.3 Å². The third-order valence-corrected chi connectivity index (χ3v) is 4.64. The van der Waals surface area contributed by atoms with E-state index in [1.54, 1.807) is 12.1 Å². The van der Waals surface area contributed by atoms with Gasteiger partial charge in [-0.3, -0.25) is 4.72 Å². The van der Waals surface area contributed by atoms with E-state index in [1.165, 1.54) is 30.3 Å². The van der Waals surface area contributed by atoms with Gasteiger partial charge in [0.25, 0.3) is 10.0 Å². The van der Waals surface area contributed by atoms with Gasteiger partial charge in [0, 0.05) is 5.69 Å². The highest BCUT2D eigenvalue weighted by Gasteiger charge is 2.28. The topological polar surface area (TPSA) is 95.9 Å². The summed E-state index contributed by atoms with van der Waals surface area (Å²) < 4.78 is 31.9. The fourth-order valence-electron chi connectivity index (χ4n) is 2.17. The predicted octanol–water partition coefficient (Wildman–Crippen LogP) is 0.411. The van der Waals surface area contributed by atoms with Gasteiger partial charge in [0.05, 0.1) is 6.61 Å². The summed E-state index contributed by atoms with van der Waals surface area (Å²) in [6.07, 6.45) is 0. The SMILES string of the molecule is O=S(=O)(Nc1ccc2c(c1)B(O)OC2)c1ccccc1O. The van der Waals surface area contributed by atoms with E-state index in [1.807, 2.05) is 0 Å². The van der Waals surface area contributed by atoms with Crippen LogP contribution in [-0.4, -0.2) is 25.7 Å². The Morgan fingerprint density at radius 1 is 1.19 bits per heavy atom. The Balaban J connectivity index is 1.94. The summed E-state index contributed by atoms with van der Waals surface area (Å²) in [7, 11) is -4.95. The molecule has 3 rings (SSSR count). The molecule has 0 fully saturated rings. The van der Waals surface area contributed by atoms with Gasteiger partial charge >= 0.3 is 7.12 Å². The number of anilines is 1. The van der Waals surface area contributed by atoms with Gasteiger partial charge in [-0.15, -0.1) is 0 Å². The van der Waals surface area contributed by atoms with E-state index < -0.39 is 17.1 Å². The van der Waals surface area contributed by atoms with E-state index >= 15 is 0 Å². The molecule has 1 aliphatic rings. The Bertz CT molecular complexity index is 793. The number of benzene rings is 2. The molecule has 2 aromatic rings. The number of phenolic OH excluding ortho intramolecular Hbond substituents is 1. The van der Waals surface area contributed by atoms with Crippen LogP contribution in [0.4, 0.5) is 5.69 Å². The normalized spacial score (nSPS) is 14.0. The molecule has 1 aliphatic heterocycles. The third kappa shape index (κ3) is 2.60. The number of hydrogen-bond acceptors (Lipinski definition) is 5. The first-order chi connectivity index (χ1) is 9.97. The van der Waals surface area contributed by atoms with Crippen molar-refractivity contribution < 1.29 is 23.2 Å². The average Bonchev–Trinajstić information content (AvgIpc) is 2.80. The van der Waals surface area contributed by atoms with Gasteiger partial charge in [0.15, 0.2) is 0 Å². The highest BCUT2D eigenvalue weighted by molar-refractivity contribution is 7.92. The zero-order valence-corrected chi connectivity index (χ0v) is 11.7. The molecule has 0 unspecified atom stereocenters. The minimum absolute atomic E-state index is 0.206. The lowest BCUT2D eigenvalue weighted by atomic mass is 9.79. The number of para-hydroxylation sites is 1. The number of phenols is 1. The number of hydrogen-bond donors (Lipinski definition) is 3. The van der Waals surface area contributed by atoms with Crippen LogP contribution in [0.5, 0.6) is 5.75 Å². The Hall–Kier alpha value is -2.03. The summed E-state index contributed by atoms with van der Waals surface area (Å²) in [5.74, 6) is -0.325. The molecule has 3 N–H and O–H groups in total. The molecule has 0 saturated carbocycles. The molecule has 0 amide bonds. The van der Waals surface area contributed by atoms with Crippen molar-refractivity contribution in [2.75, 3.05) is 4.72 Å². The van der Waals surface area contributed by atoms with Crippen LogP contribution < -0.4 is 10.2 Å². The summed E-state index contributed by atoms with van der Waals surface area (Å²) in [5.41, 5.74) is 1.64. The van der Waals surface area contributed by atoms with Crippen LogP contribution in [0.1, 0.15) is 5.56 Å². The lowest BCUT2D eigenvalue weighted by Crippen LogP contribution is -2.28. The van der Waals surface area contributed by atoms with Gasteiger partial charge in [-0.1, -0.05) is 18.2 Å². The first kappa shape index (κ1) is 13.9. The minimum Gasteiger partial charge on any atom is -0.507 e. The van der Waals surface area contributed by atoms with Crippen molar-refractivity contribution in [3.8, 4) is 5.75 Å². The fraction of sp³-hybridized carbons (Fsp3) is 0.0769. The van der Waals surface area contributed by atoms with Gasteiger partial charge in [0.1, 0.15) is 10.6 Å². The third-order valence-electron chi connectivity index (χ3n) is 3.22. The molecule has 0 atom stereocenters. The molecule has 0 spiro atoms. The van der Waals surface area contributed by atoms with Crippen molar-refractivity contribution in [1.29, 1.82) is 0 Å². The zero-order chi connectivity index (χ0) is 15.0. The van der Waals surface area contributed by atoms with Crippen molar-refractivity contribution in [2.45, 2.75) is 11.5 Å². The Morgan fingerprint density at radius 2 is 1.95 bits per heavy atom. The molecule has 108 valence electrons. The Kier molecular flexibility index (Phi) is 3.36. The predicted molar refractivity (Wildman–Crippen MR) is 77.8 cm³/mol. The maximum absolute atomic E-state index is 12.2. The summed E-state index contributed by atoms with van der Waals surface area (Å²) in [4.78, 5) is -0.206. The van der Waals surface area contributed by atoms with Crippen LogP contribution in [-0.2, 0) is 21.3 Å². The molecule has 0 bridgehead atoms. The summed E-state index contributed by atoms with van der Waals surface area (Å²) in [6.45, 7) is 0.295. The first-order valence-corrected chi connectivity index (χ1v) is 7.69. The van der Waals surface area contributed by atoms with Gasteiger partial charge in [0.2, 0.25) is 0 Å². The van der Waals surface area contributed by atoms with Crippen molar-refractivity contribution in [1.82, 2.24) is 0 Å². The summed E-state index contributed by atoms with van der Waals surface area (Å²) >= 11 is 0. The second-order valence-electron chi connectivity index (χ2n) is 4.65. The van der Waals surface area contributed by atoms with Gasteiger partial charge in [-0.2, -0.15) is 0 Å². The van der Waals surface area contributed by atoms with Crippen molar-refractivity contribution in [3.63, 3.8) is 0 Å². The lowest BCUT2D eigenvalue weighted by molar-refractivity contribution is 0.275. The van der Waals surface area contributed by atoms with E-state index in [4.69, 9.17) is 4.65 Å². The Labute approximate surface area is 122 Å². The molecule has 0 radical (unpaired) electrons. The van der Waals surface area contributed by atoms with Crippen LogP contribution in [0, 0.1) is 0 Å². The van der Waals surface area contributed by atoms with E-state index in [9.17, 15) is 18.5 Å². The highest BCUT2D eigenvalue weighted by atomic mass is 32.2. The van der Waals surface area contributed by atoms with E-state index in [0.29, 0.717) is 17.8 Å². The molecule has 6 nitrogen and oxygen atoms in total. The average molecular weight is 305 g/mol. The molecule has 0 aliphatic carbocycles. The highest BCUT2D eigenvalue weighted by Crippen LogP contribution is 2.24. The molecule has 0 saturated heterocycles. The van der Waals surface area contributed by atoms with Crippen LogP contribution in [0.15, 0.2) is 47.4 Å². The second-order valence-corrected chi connectivity index (χ2v) is 6.30.